The minimum absolute atomic E-state index is 0.00644. The number of ketones is 1. The van der Waals surface area contributed by atoms with Crippen molar-refractivity contribution in [3.8, 4) is 5.88 Å². The second-order valence-corrected chi connectivity index (χ2v) is 4.63. The molecule has 0 radical (unpaired) electrons. The van der Waals surface area contributed by atoms with Gasteiger partial charge in [-0.1, -0.05) is 6.07 Å². The van der Waals surface area contributed by atoms with E-state index in [-0.39, 0.29) is 22.7 Å². The number of aromatic hydroxyl groups is 1. The third kappa shape index (κ3) is 1.58. The summed E-state index contributed by atoms with van der Waals surface area (Å²) in [6, 6.07) is 5.97. The van der Waals surface area contributed by atoms with Gasteiger partial charge in [-0.3, -0.25) is 4.79 Å². The molecule has 6 heteroatoms. The molecule has 0 bridgehead atoms. The Bertz CT molecular complexity index is 734. The predicted octanol–water partition coefficient (Wildman–Crippen LogP) is 2.70. The van der Waals surface area contributed by atoms with Crippen LogP contribution in [0.4, 0.5) is 4.39 Å². The lowest BCUT2D eigenvalue weighted by Crippen LogP contribution is -1.99. The van der Waals surface area contributed by atoms with Gasteiger partial charge in [-0.25, -0.2) is 4.98 Å². The van der Waals surface area contributed by atoms with E-state index in [4.69, 9.17) is 0 Å². The number of nitrogens with one attached hydrogen (secondary N) is 1. The number of halogens is 1. The Morgan fingerprint density at radius 2 is 2.22 bits per heavy atom. The van der Waals surface area contributed by atoms with Crippen LogP contribution in [0.2, 0.25) is 0 Å². The van der Waals surface area contributed by atoms with Gasteiger partial charge in [0.1, 0.15) is 11.1 Å². The van der Waals surface area contributed by atoms with Gasteiger partial charge < -0.3 is 10.1 Å². The van der Waals surface area contributed by atoms with Crippen molar-refractivity contribution in [3.05, 3.63) is 46.0 Å². The van der Waals surface area contributed by atoms with E-state index in [1.165, 1.54) is 17.4 Å². The molecule has 0 aliphatic carbocycles. The Balaban J connectivity index is 2.25. The molecule has 0 spiro atoms. The molecule has 4 nitrogen and oxygen atoms in total. The Labute approximate surface area is 105 Å². The van der Waals surface area contributed by atoms with E-state index in [0.717, 1.165) is 6.07 Å². The van der Waals surface area contributed by atoms with E-state index in [1.54, 1.807) is 17.5 Å². The van der Waals surface area contributed by atoms with Crippen LogP contribution < -0.4 is 0 Å². The number of nitrogens with zero attached hydrogens (tertiary/aromatic N) is 1. The molecule has 0 saturated heterocycles. The normalized spacial score (nSPS) is 10.9. The SMILES string of the molecule is O=C(c1cccs1)c1c(O)[nH]c2ccc(F)nc12. The summed E-state index contributed by atoms with van der Waals surface area (Å²) in [5.41, 5.74) is 0.576. The van der Waals surface area contributed by atoms with Gasteiger partial charge in [0.25, 0.3) is 0 Å². The number of hydrogen-bond acceptors (Lipinski definition) is 4. The van der Waals surface area contributed by atoms with Crippen molar-refractivity contribution in [3.63, 3.8) is 0 Å². The second kappa shape index (κ2) is 3.92. The molecule has 3 rings (SSSR count). The van der Waals surface area contributed by atoms with Crippen LogP contribution in [0.3, 0.4) is 0 Å². The smallest absolute Gasteiger partial charge is 0.213 e. The molecule has 0 aromatic carbocycles. The lowest BCUT2D eigenvalue weighted by molar-refractivity contribution is 0.104. The lowest BCUT2D eigenvalue weighted by Gasteiger charge is -1.96. The largest absolute Gasteiger partial charge is 0.494 e. The molecule has 3 aromatic rings. The van der Waals surface area contributed by atoms with Crippen LogP contribution in [0.25, 0.3) is 11.0 Å². The molecule has 3 heterocycles. The van der Waals surface area contributed by atoms with E-state index >= 15 is 0 Å². The molecule has 0 unspecified atom stereocenters. The molecule has 0 atom stereocenters. The quantitative estimate of drug-likeness (QED) is 0.551. The van der Waals surface area contributed by atoms with Crippen LogP contribution in [0, 0.1) is 5.95 Å². The molecule has 90 valence electrons. The first kappa shape index (κ1) is 10.9. The fraction of sp³-hybridized carbons (Fsp3) is 0. The van der Waals surface area contributed by atoms with Crippen molar-refractivity contribution in [2.24, 2.45) is 0 Å². The van der Waals surface area contributed by atoms with Crippen molar-refractivity contribution >= 4 is 28.2 Å². The number of H-pyrrole nitrogens is 1. The number of fused-ring (bicyclic) bond motifs is 1. The minimum Gasteiger partial charge on any atom is -0.494 e. The fourth-order valence-electron chi connectivity index (χ4n) is 1.78. The van der Waals surface area contributed by atoms with Crippen LogP contribution in [0.1, 0.15) is 15.2 Å². The standard InChI is InChI=1S/C12H7FN2O2S/c13-8-4-3-6-10(15-8)9(12(17)14-6)11(16)7-2-1-5-18-7/h1-5,14,17H. The highest BCUT2D eigenvalue weighted by Gasteiger charge is 2.21. The van der Waals surface area contributed by atoms with Crippen molar-refractivity contribution < 1.29 is 14.3 Å². The van der Waals surface area contributed by atoms with Crippen LogP contribution >= 0.6 is 11.3 Å². The average molecular weight is 262 g/mol. The number of pyridine rings is 1. The molecule has 2 N–H and O–H groups in total. The van der Waals surface area contributed by atoms with E-state index in [2.05, 4.69) is 9.97 Å². The number of hydrogen-bond donors (Lipinski definition) is 2. The summed E-state index contributed by atoms with van der Waals surface area (Å²) in [4.78, 5) is 18.9. The Kier molecular flexibility index (Phi) is 2.38. The lowest BCUT2D eigenvalue weighted by atomic mass is 10.1. The molecule has 0 fully saturated rings. The van der Waals surface area contributed by atoms with Crippen molar-refractivity contribution in [2.75, 3.05) is 0 Å². The maximum atomic E-state index is 13.1. The van der Waals surface area contributed by atoms with Gasteiger partial charge in [-0.05, 0) is 23.6 Å². The summed E-state index contributed by atoms with van der Waals surface area (Å²) >= 11 is 1.25. The van der Waals surface area contributed by atoms with Gasteiger partial charge in [0.05, 0.1) is 10.4 Å². The van der Waals surface area contributed by atoms with Gasteiger partial charge in [-0.2, -0.15) is 4.39 Å². The molecule has 0 aliphatic heterocycles. The number of carbonyl (C=O) groups is 1. The van der Waals surface area contributed by atoms with Crippen LogP contribution in [-0.2, 0) is 0 Å². The third-order valence-corrected chi connectivity index (χ3v) is 3.43. The molecular weight excluding hydrogens is 255 g/mol. The highest BCUT2D eigenvalue weighted by atomic mass is 32.1. The molecule has 3 aromatic heterocycles. The summed E-state index contributed by atoms with van der Waals surface area (Å²) in [6.45, 7) is 0. The monoisotopic (exact) mass is 262 g/mol. The van der Waals surface area contributed by atoms with E-state index in [1.807, 2.05) is 0 Å². The third-order valence-electron chi connectivity index (χ3n) is 2.56. The number of aromatic nitrogens is 2. The van der Waals surface area contributed by atoms with Gasteiger partial charge in [0, 0.05) is 0 Å². The first-order chi connectivity index (χ1) is 8.66. The highest BCUT2D eigenvalue weighted by molar-refractivity contribution is 7.12. The predicted molar refractivity (Wildman–Crippen MR) is 65.5 cm³/mol. The van der Waals surface area contributed by atoms with Crippen molar-refractivity contribution in [1.29, 1.82) is 0 Å². The summed E-state index contributed by atoms with van der Waals surface area (Å²) in [5, 5.41) is 11.5. The van der Waals surface area contributed by atoms with Gasteiger partial charge in [0.15, 0.2) is 0 Å². The number of thiophene rings is 1. The first-order valence-electron chi connectivity index (χ1n) is 5.12. The van der Waals surface area contributed by atoms with Crippen molar-refractivity contribution in [1.82, 2.24) is 9.97 Å². The van der Waals surface area contributed by atoms with E-state index < -0.39 is 5.95 Å². The first-order valence-corrected chi connectivity index (χ1v) is 6.00. The second-order valence-electron chi connectivity index (χ2n) is 3.69. The molecular formula is C12H7FN2O2S. The van der Waals surface area contributed by atoms with Crippen LogP contribution in [0.5, 0.6) is 5.88 Å². The van der Waals surface area contributed by atoms with Crippen LogP contribution in [0.15, 0.2) is 29.6 Å². The minimum atomic E-state index is -0.693. The van der Waals surface area contributed by atoms with Gasteiger partial charge >= 0.3 is 0 Å². The Hall–Kier alpha value is -2.21. The molecule has 0 saturated carbocycles. The molecule has 18 heavy (non-hydrogen) atoms. The van der Waals surface area contributed by atoms with E-state index in [0.29, 0.717) is 10.4 Å². The summed E-state index contributed by atoms with van der Waals surface area (Å²) in [7, 11) is 0. The zero-order chi connectivity index (χ0) is 12.7. The summed E-state index contributed by atoms with van der Waals surface area (Å²) < 4.78 is 13.1. The number of aromatic amines is 1. The molecule has 0 aliphatic rings. The van der Waals surface area contributed by atoms with Gasteiger partial charge in [0.2, 0.25) is 17.6 Å². The highest BCUT2D eigenvalue weighted by Crippen LogP contribution is 2.29. The van der Waals surface area contributed by atoms with Crippen molar-refractivity contribution in [2.45, 2.75) is 0 Å². The summed E-state index contributed by atoms with van der Waals surface area (Å²) in [6.07, 6.45) is 0. The molecule has 0 amide bonds. The van der Waals surface area contributed by atoms with E-state index in [9.17, 15) is 14.3 Å². The fourth-order valence-corrected chi connectivity index (χ4v) is 2.44. The average Bonchev–Trinajstić information content (AvgIpc) is 2.94. The Morgan fingerprint density at radius 3 is 2.94 bits per heavy atom. The Morgan fingerprint density at radius 1 is 1.39 bits per heavy atom. The van der Waals surface area contributed by atoms with Crippen LogP contribution in [-0.4, -0.2) is 20.9 Å². The number of rotatable bonds is 2. The zero-order valence-electron chi connectivity index (χ0n) is 8.98. The zero-order valence-corrected chi connectivity index (χ0v) is 9.79. The van der Waals surface area contributed by atoms with Gasteiger partial charge in [-0.15, -0.1) is 11.3 Å². The maximum absolute atomic E-state index is 13.1. The summed E-state index contributed by atoms with van der Waals surface area (Å²) in [5.74, 6) is -1.35. The topological polar surface area (TPSA) is 66.0 Å². The number of carbonyl (C=O) groups excluding carboxylic acids is 1. The maximum Gasteiger partial charge on any atom is 0.213 e.